The van der Waals surface area contributed by atoms with Crippen molar-refractivity contribution in [2.24, 2.45) is 11.8 Å². The third-order valence-corrected chi connectivity index (χ3v) is 4.65. The summed E-state index contributed by atoms with van der Waals surface area (Å²) in [5.41, 5.74) is 2.42. The summed E-state index contributed by atoms with van der Waals surface area (Å²) in [6, 6.07) is 7.06. The molecule has 2 rings (SSSR count). The molecular weight excluding hydrogens is 246 g/mol. The van der Waals surface area contributed by atoms with Gasteiger partial charge in [-0.1, -0.05) is 39.7 Å². The highest BCUT2D eigenvalue weighted by Gasteiger charge is 2.27. The molecule has 2 nitrogen and oxygen atoms in total. The number of nitrogens with one attached hydrogen (secondary N) is 1. The Balaban J connectivity index is 2.11. The Kier molecular flexibility index (Phi) is 5.33. The Bertz CT molecular complexity index is 429. The standard InChI is InChI=1S/C18H29NO/c1-5-11-20-18-12-13(2)9-10-17(18)19-16-8-6-7-14(3)15(16)4/h9-10,12,14-16,19H,5-8,11H2,1-4H3. The molecule has 0 spiro atoms. The molecule has 0 radical (unpaired) electrons. The number of benzene rings is 1. The zero-order chi connectivity index (χ0) is 14.5. The van der Waals surface area contributed by atoms with E-state index in [1.54, 1.807) is 0 Å². The fourth-order valence-electron chi connectivity index (χ4n) is 3.07. The van der Waals surface area contributed by atoms with Crippen LogP contribution in [0, 0.1) is 18.8 Å². The summed E-state index contributed by atoms with van der Waals surface area (Å²) in [5.74, 6) is 2.55. The maximum Gasteiger partial charge on any atom is 0.142 e. The summed E-state index contributed by atoms with van der Waals surface area (Å²) in [7, 11) is 0. The second kappa shape index (κ2) is 7.01. The maximum absolute atomic E-state index is 5.91. The third-order valence-electron chi connectivity index (χ3n) is 4.65. The molecule has 1 N–H and O–H groups in total. The Morgan fingerprint density at radius 2 is 2.05 bits per heavy atom. The third kappa shape index (κ3) is 3.68. The van der Waals surface area contributed by atoms with E-state index < -0.39 is 0 Å². The van der Waals surface area contributed by atoms with Crippen molar-refractivity contribution < 1.29 is 4.74 Å². The Hall–Kier alpha value is -1.18. The van der Waals surface area contributed by atoms with Gasteiger partial charge in [-0.2, -0.15) is 0 Å². The van der Waals surface area contributed by atoms with Gasteiger partial charge in [-0.3, -0.25) is 0 Å². The molecular formula is C18H29NO. The largest absolute Gasteiger partial charge is 0.491 e. The average Bonchev–Trinajstić information content (AvgIpc) is 2.44. The minimum absolute atomic E-state index is 0.574. The van der Waals surface area contributed by atoms with Gasteiger partial charge in [0.15, 0.2) is 0 Å². The molecule has 1 aliphatic rings. The van der Waals surface area contributed by atoms with Crippen LogP contribution in [0.5, 0.6) is 5.75 Å². The molecule has 0 aliphatic heterocycles. The summed E-state index contributed by atoms with van der Waals surface area (Å²) >= 11 is 0. The molecule has 3 unspecified atom stereocenters. The van der Waals surface area contributed by atoms with Gasteiger partial charge in [0.05, 0.1) is 12.3 Å². The smallest absolute Gasteiger partial charge is 0.142 e. The molecule has 20 heavy (non-hydrogen) atoms. The van der Waals surface area contributed by atoms with Gasteiger partial charge in [0.1, 0.15) is 5.75 Å². The van der Waals surface area contributed by atoms with Gasteiger partial charge in [-0.25, -0.2) is 0 Å². The zero-order valence-corrected chi connectivity index (χ0v) is 13.4. The van der Waals surface area contributed by atoms with Gasteiger partial charge >= 0.3 is 0 Å². The fourth-order valence-corrected chi connectivity index (χ4v) is 3.07. The minimum Gasteiger partial charge on any atom is -0.491 e. The van der Waals surface area contributed by atoms with E-state index in [1.807, 2.05) is 0 Å². The highest BCUT2D eigenvalue weighted by molar-refractivity contribution is 5.58. The summed E-state index contributed by atoms with van der Waals surface area (Å²) < 4.78 is 5.91. The number of aryl methyl sites for hydroxylation is 1. The first-order valence-corrected chi connectivity index (χ1v) is 8.11. The van der Waals surface area contributed by atoms with Crippen molar-refractivity contribution in [2.45, 2.75) is 59.4 Å². The maximum atomic E-state index is 5.91. The van der Waals surface area contributed by atoms with Gasteiger partial charge in [0.25, 0.3) is 0 Å². The number of hydrogen-bond donors (Lipinski definition) is 1. The van der Waals surface area contributed by atoms with E-state index in [4.69, 9.17) is 4.74 Å². The second-order valence-electron chi connectivity index (χ2n) is 6.37. The van der Waals surface area contributed by atoms with Crippen LogP contribution >= 0.6 is 0 Å². The van der Waals surface area contributed by atoms with Crippen molar-refractivity contribution in [2.75, 3.05) is 11.9 Å². The lowest BCUT2D eigenvalue weighted by molar-refractivity contribution is 0.252. The van der Waals surface area contributed by atoms with E-state index in [2.05, 4.69) is 51.2 Å². The highest BCUT2D eigenvalue weighted by Crippen LogP contribution is 2.34. The normalized spacial score (nSPS) is 26.3. The summed E-state index contributed by atoms with van der Waals surface area (Å²) in [6.45, 7) is 9.81. The Morgan fingerprint density at radius 3 is 2.80 bits per heavy atom. The molecule has 1 aromatic rings. The molecule has 1 saturated carbocycles. The molecule has 0 aromatic heterocycles. The number of hydrogen-bond acceptors (Lipinski definition) is 2. The first-order chi connectivity index (χ1) is 9.61. The van der Waals surface area contributed by atoms with Crippen LogP contribution in [0.3, 0.4) is 0 Å². The molecule has 1 fully saturated rings. The van der Waals surface area contributed by atoms with Gasteiger partial charge < -0.3 is 10.1 Å². The molecule has 1 aromatic carbocycles. The van der Waals surface area contributed by atoms with Crippen LogP contribution in [-0.4, -0.2) is 12.6 Å². The number of anilines is 1. The molecule has 1 aliphatic carbocycles. The van der Waals surface area contributed by atoms with E-state index in [1.165, 1.54) is 24.8 Å². The molecule has 0 saturated heterocycles. The molecule has 0 bridgehead atoms. The molecule has 0 heterocycles. The summed E-state index contributed by atoms with van der Waals surface area (Å²) in [6.07, 6.45) is 5.02. The van der Waals surface area contributed by atoms with Crippen molar-refractivity contribution >= 4 is 5.69 Å². The predicted molar refractivity (Wildman–Crippen MR) is 86.6 cm³/mol. The van der Waals surface area contributed by atoms with Crippen LogP contribution in [0.15, 0.2) is 18.2 Å². The molecule has 112 valence electrons. The van der Waals surface area contributed by atoms with Crippen LogP contribution in [0.25, 0.3) is 0 Å². The second-order valence-corrected chi connectivity index (χ2v) is 6.37. The monoisotopic (exact) mass is 275 g/mol. The van der Waals surface area contributed by atoms with Crippen LogP contribution in [0.4, 0.5) is 5.69 Å². The highest BCUT2D eigenvalue weighted by atomic mass is 16.5. The topological polar surface area (TPSA) is 21.3 Å². The number of ether oxygens (including phenoxy) is 1. The predicted octanol–water partition coefficient (Wildman–Crippen LogP) is 5.02. The lowest BCUT2D eigenvalue weighted by Crippen LogP contribution is -2.35. The lowest BCUT2D eigenvalue weighted by atomic mass is 9.78. The van der Waals surface area contributed by atoms with Crippen LogP contribution in [0.2, 0.25) is 0 Å². The van der Waals surface area contributed by atoms with Gasteiger partial charge in [0, 0.05) is 6.04 Å². The SMILES string of the molecule is CCCOc1cc(C)ccc1NC1CCCC(C)C1C. The van der Waals surface area contributed by atoms with Crippen molar-refractivity contribution in [3.05, 3.63) is 23.8 Å². The van der Waals surface area contributed by atoms with Crippen molar-refractivity contribution in [1.29, 1.82) is 0 Å². The average molecular weight is 275 g/mol. The molecule has 0 amide bonds. The summed E-state index contributed by atoms with van der Waals surface area (Å²) in [4.78, 5) is 0. The van der Waals surface area contributed by atoms with E-state index >= 15 is 0 Å². The van der Waals surface area contributed by atoms with Gasteiger partial charge in [0.2, 0.25) is 0 Å². The quantitative estimate of drug-likeness (QED) is 0.814. The van der Waals surface area contributed by atoms with Crippen molar-refractivity contribution in [3.8, 4) is 5.75 Å². The van der Waals surface area contributed by atoms with Crippen molar-refractivity contribution in [3.63, 3.8) is 0 Å². The lowest BCUT2D eigenvalue weighted by Gasteiger charge is -2.35. The Labute approximate surface area is 123 Å². The molecule has 3 atom stereocenters. The van der Waals surface area contributed by atoms with Crippen LogP contribution in [-0.2, 0) is 0 Å². The molecule has 2 heteroatoms. The van der Waals surface area contributed by atoms with E-state index in [-0.39, 0.29) is 0 Å². The minimum atomic E-state index is 0.574. The van der Waals surface area contributed by atoms with Crippen molar-refractivity contribution in [1.82, 2.24) is 0 Å². The fraction of sp³-hybridized carbons (Fsp3) is 0.667. The first kappa shape index (κ1) is 15.2. The first-order valence-electron chi connectivity index (χ1n) is 8.11. The Morgan fingerprint density at radius 1 is 1.25 bits per heavy atom. The van der Waals surface area contributed by atoms with Gasteiger partial charge in [-0.15, -0.1) is 0 Å². The summed E-state index contributed by atoms with van der Waals surface area (Å²) in [5, 5.41) is 3.74. The van der Waals surface area contributed by atoms with E-state index in [0.717, 1.165) is 36.3 Å². The van der Waals surface area contributed by atoms with Gasteiger partial charge in [-0.05, 0) is 49.3 Å². The van der Waals surface area contributed by atoms with Crippen LogP contribution in [0.1, 0.15) is 52.0 Å². The van der Waals surface area contributed by atoms with E-state index in [0.29, 0.717) is 6.04 Å². The number of rotatable bonds is 5. The zero-order valence-electron chi connectivity index (χ0n) is 13.4. The van der Waals surface area contributed by atoms with E-state index in [9.17, 15) is 0 Å². The van der Waals surface area contributed by atoms with Crippen LogP contribution < -0.4 is 10.1 Å².